The highest BCUT2D eigenvalue weighted by Gasteiger charge is 2.28. The highest BCUT2D eigenvalue weighted by atomic mass is 16.5. The molecule has 0 aromatic rings. The van der Waals surface area contributed by atoms with Gasteiger partial charge in [0, 0.05) is 7.11 Å². The van der Waals surface area contributed by atoms with Crippen molar-refractivity contribution < 1.29 is 4.74 Å². The van der Waals surface area contributed by atoms with Gasteiger partial charge >= 0.3 is 0 Å². The van der Waals surface area contributed by atoms with Crippen molar-refractivity contribution in [3.05, 3.63) is 0 Å². The first-order valence-corrected chi connectivity index (χ1v) is 4.28. The van der Waals surface area contributed by atoms with Crippen LogP contribution in [0.3, 0.4) is 0 Å². The summed E-state index contributed by atoms with van der Waals surface area (Å²) in [4.78, 5) is 0. The van der Waals surface area contributed by atoms with E-state index in [4.69, 9.17) is 4.74 Å². The summed E-state index contributed by atoms with van der Waals surface area (Å²) in [5.74, 6) is 1.62. The van der Waals surface area contributed by atoms with Crippen LogP contribution in [0.4, 0.5) is 0 Å². The average molecular weight is 142 g/mol. The van der Waals surface area contributed by atoms with Crippen LogP contribution in [0, 0.1) is 11.8 Å². The molecule has 1 heteroatoms. The topological polar surface area (TPSA) is 9.23 Å². The summed E-state index contributed by atoms with van der Waals surface area (Å²) >= 11 is 0. The minimum absolute atomic E-state index is 0.556. The SMILES string of the molecule is CO[C@@H]1CCC[C@H]1C(C)C. The number of rotatable bonds is 2. The zero-order valence-corrected chi connectivity index (χ0v) is 7.26. The normalized spacial score (nSPS) is 33.6. The first-order chi connectivity index (χ1) is 4.75. The van der Waals surface area contributed by atoms with E-state index in [1.54, 1.807) is 0 Å². The molecule has 0 spiro atoms. The molecule has 1 fully saturated rings. The zero-order valence-electron chi connectivity index (χ0n) is 7.26. The van der Waals surface area contributed by atoms with Crippen molar-refractivity contribution in [2.45, 2.75) is 39.2 Å². The molecule has 0 aromatic heterocycles. The fraction of sp³-hybridized carbons (Fsp3) is 1.00. The lowest BCUT2D eigenvalue weighted by Gasteiger charge is -2.21. The third kappa shape index (κ3) is 1.51. The molecule has 0 aromatic carbocycles. The van der Waals surface area contributed by atoms with E-state index in [0.717, 1.165) is 11.8 Å². The van der Waals surface area contributed by atoms with Gasteiger partial charge in [0.05, 0.1) is 6.10 Å². The predicted molar refractivity (Wildman–Crippen MR) is 43.0 cm³/mol. The number of ether oxygens (including phenoxy) is 1. The molecule has 0 unspecified atom stereocenters. The van der Waals surface area contributed by atoms with E-state index in [0.29, 0.717) is 6.10 Å². The van der Waals surface area contributed by atoms with Gasteiger partial charge in [-0.1, -0.05) is 20.3 Å². The number of hydrogen-bond donors (Lipinski definition) is 0. The molecule has 0 aliphatic heterocycles. The first-order valence-electron chi connectivity index (χ1n) is 4.28. The standard InChI is InChI=1S/C9H18O/c1-7(2)8-5-4-6-9(8)10-3/h7-9H,4-6H2,1-3H3/t8-,9+/m0/s1. The van der Waals surface area contributed by atoms with Crippen molar-refractivity contribution in [2.75, 3.05) is 7.11 Å². The molecule has 1 aliphatic rings. The minimum atomic E-state index is 0.556. The van der Waals surface area contributed by atoms with Crippen molar-refractivity contribution in [2.24, 2.45) is 11.8 Å². The van der Waals surface area contributed by atoms with Crippen molar-refractivity contribution in [3.63, 3.8) is 0 Å². The molecule has 0 saturated heterocycles. The lowest BCUT2D eigenvalue weighted by Crippen LogP contribution is -2.20. The highest BCUT2D eigenvalue weighted by Crippen LogP contribution is 2.32. The molecule has 0 N–H and O–H groups in total. The Balaban J connectivity index is 2.42. The Morgan fingerprint density at radius 1 is 1.30 bits per heavy atom. The van der Waals surface area contributed by atoms with Gasteiger partial charge in [-0.05, 0) is 24.7 Å². The van der Waals surface area contributed by atoms with Crippen molar-refractivity contribution in [3.8, 4) is 0 Å². The van der Waals surface area contributed by atoms with E-state index in [1.807, 2.05) is 7.11 Å². The zero-order chi connectivity index (χ0) is 7.56. The van der Waals surface area contributed by atoms with E-state index in [-0.39, 0.29) is 0 Å². The molecule has 0 amide bonds. The van der Waals surface area contributed by atoms with Gasteiger partial charge in [-0.15, -0.1) is 0 Å². The number of methoxy groups -OCH3 is 1. The maximum absolute atomic E-state index is 5.39. The molecule has 0 bridgehead atoms. The summed E-state index contributed by atoms with van der Waals surface area (Å²) in [5, 5.41) is 0. The molecule has 1 saturated carbocycles. The molecule has 0 heterocycles. The molecular formula is C9H18O. The summed E-state index contributed by atoms with van der Waals surface area (Å²) in [5.41, 5.74) is 0. The van der Waals surface area contributed by atoms with Crippen LogP contribution in [0.2, 0.25) is 0 Å². The Labute approximate surface area is 63.8 Å². The highest BCUT2D eigenvalue weighted by molar-refractivity contribution is 4.79. The minimum Gasteiger partial charge on any atom is -0.381 e. The fourth-order valence-electron chi connectivity index (χ4n) is 2.01. The van der Waals surface area contributed by atoms with Crippen LogP contribution in [-0.4, -0.2) is 13.2 Å². The van der Waals surface area contributed by atoms with Crippen LogP contribution in [0.15, 0.2) is 0 Å². The molecule has 2 atom stereocenters. The van der Waals surface area contributed by atoms with Crippen LogP contribution in [0.5, 0.6) is 0 Å². The molecule has 10 heavy (non-hydrogen) atoms. The van der Waals surface area contributed by atoms with Gasteiger partial charge in [0.1, 0.15) is 0 Å². The smallest absolute Gasteiger partial charge is 0.0601 e. The summed E-state index contributed by atoms with van der Waals surface area (Å²) in [6, 6.07) is 0. The van der Waals surface area contributed by atoms with Crippen LogP contribution in [0.1, 0.15) is 33.1 Å². The Hall–Kier alpha value is -0.0400. The molecule has 1 rings (SSSR count). The van der Waals surface area contributed by atoms with Gasteiger partial charge in [-0.25, -0.2) is 0 Å². The van der Waals surface area contributed by atoms with E-state index >= 15 is 0 Å². The van der Waals surface area contributed by atoms with Gasteiger partial charge in [0.25, 0.3) is 0 Å². The van der Waals surface area contributed by atoms with E-state index < -0.39 is 0 Å². The van der Waals surface area contributed by atoms with Gasteiger partial charge in [0.15, 0.2) is 0 Å². The van der Waals surface area contributed by atoms with Crippen molar-refractivity contribution in [1.82, 2.24) is 0 Å². The molecule has 1 aliphatic carbocycles. The van der Waals surface area contributed by atoms with Crippen LogP contribution in [0.25, 0.3) is 0 Å². The van der Waals surface area contributed by atoms with Crippen LogP contribution < -0.4 is 0 Å². The maximum atomic E-state index is 5.39. The quantitative estimate of drug-likeness (QED) is 0.575. The van der Waals surface area contributed by atoms with Crippen molar-refractivity contribution in [1.29, 1.82) is 0 Å². The fourth-order valence-corrected chi connectivity index (χ4v) is 2.01. The second kappa shape index (κ2) is 3.38. The van der Waals surface area contributed by atoms with E-state index in [1.165, 1.54) is 19.3 Å². The summed E-state index contributed by atoms with van der Waals surface area (Å²) in [6.07, 6.45) is 4.57. The third-order valence-electron chi connectivity index (χ3n) is 2.66. The molecule has 1 nitrogen and oxygen atoms in total. The van der Waals surface area contributed by atoms with Crippen LogP contribution >= 0.6 is 0 Å². The Bertz CT molecular complexity index is 98.9. The van der Waals surface area contributed by atoms with Crippen LogP contribution in [-0.2, 0) is 4.74 Å². The summed E-state index contributed by atoms with van der Waals surface area (Å²) in [7, 11) is 1.84. The Morgan fingerprint density at radius 2 is 2.00 bits per heavy atom. The second-order valence-electron chi connectivity index (χ2n) is 3.61. The van der Waals surface area contributed by atoms with E-state index in [2.05, 4.69) is 13.8 Å². The van der Waals surface area contributed by atoms with Crippen molar-refractivity contribution >= 4 is 0 Å². The largest absolute Gasteiger partial charge is 0.381 e. The van der Waals surface area contributed by atoms with Gasteiger partial charge in [-0.3, -0.25) is 0 Å². The van der Waals surface area contributed by atoms with Gasteiger partial charge < -0.3 is 4.74 Å². The predicted octanol–water partition coefficient (Wildman–Crippen LogP) is 2.46. The first kappa shape index (κ1) is 8.06. The van der Waals surface area contributed by atoms with Gasteiger partial charge in [-0.2, -0.15) is 0 Å². The lowest BCUT2D eigenvalue weighted by molar-refractivity contribution is 0.0541. The third-order valence-corrected chi connectivity index (χ3v) is 2.66. The Morgan fingerprint density at radius 3 is 2.40 bits per heavy atom. The summed E-state index contributed by atoms with van der Waals surface area (Å²) < 4.78 is 5.39. The maximum Gasteiger partial charge on any atom is 0.0601 e. The molecule has 0 radical (unpaired) electrons. The van der Waals surface area contributed by atoms with Gasteiger partial charge in [0.2, 0.25) is 0 Å². The molecular weight excluding hydrogens is 124 g/mol. The Kier molecular flexibility index (Phi) is 2.72. The molecule has 60 valence electrons. The second-order valence-corrected chi connectivity index (χ2v) is 3.61. The summed E-state index contributed by atoms with van der Waals surface area (Å²) in [6.45, 7) is 4.59. The monoisotopic (exact) mass is 142 g/mol. The lowest BCUT2D eigenvalue weighted by atomic mass is 9.93. The number of hydrogen-bond acceptors (Lipinski definition) is 1. The van der Waals surface area contributed by atoms with E-state index in [9.17, 15) is 0 Å². The average Bonchev–Trinajstić information content (AvgIpc) is 2.33.